The lowest BCUT2D eigenvalue weighted by Gasteiger charge is -2.32. The molecule has 0 aromatic rings. The van der Waals surface area contributed by atoms with Crippen LogP contribution < -0.4 is 0 Å². The summed E-state index contributed by atoms with van der Waals surface area (Å²) in [6.45, 7) is 1.97. The standard InChI is InChI=1S/C12H18O4/c1-6-3-8-9(11(6)14)4-7(13)5-10(8)12(15)16-2/h6,8-11,14H,3-5H2,1-2H3/t6-,8-,9-,10-,11+/m0/s1. The fraction of sp³-hybridized carbons (Fsp3) is 0.833. The molecule has 90 valence electrons. The molecule has 2 rings (SSSR count). The summed E-state index contributed by atoms with van der Waals surface area (Å²) in [5.41, 5.74) is 0. The van der Waals surface area contributed by atoms with Crippen molar-refractivity contribution in [2.45, 2.75) is 32.3 Å². The average molecular weight is 226 g/mol. The largest absolute Gasteiger partial charge is 0.469 e. The lowest BCUT2D eigenvalue weighted by molar-refractivity contribution is -0.152. The minimum Gasteiger partial charge on any atom is -0.469 e. The highest BCUT2D eigenvalue weighted by Gasteiger charge is 2.50. The maximum absolute atomic E-state index is 11.6. The summed E-state index contributed by atoms with van der Waals surface area (Å²) in [4.78, 5) is 23.2. The molecule has 0 aliphatic heterocycles. The first kappa shape index (κ1) is 11.6. The topological polar surface area (TPSA) is 63.6 Å². The van der Waals surface area contributed by atoms with Crippen LogP contribution in [0, 0.1) is 23.7 Å². The number of carbonyl (C=O) groups is 2. The summed E-state index contributed by atoms with van der Waals surface area (Å²) < 4.78 is 4.74. The highest BCUT2D eigenvalue weighted by Crippen LogP contribution is 2.47. The number of ketones is 1. The van der Waals surface area contributed by atoms with E-state index in [2.05, 4.69) is 0 Å². The van der Waals surface area contributed by atoms with Crippen molar-refractivity contribution < 1.29 is 19.4 Å². The van der Waals surface area contributed by atoms with E-state index >= 15 is 0 Å². The van der Waals surface area contributed by atoms with Crippen LogP contribution in [0.4, 0.5) is 0 Å². The molecule has 2 fully saturated rings. The SMILES string of the molecule is COC(=O)[C@H]1CC(=O)C[C@@H]2[C@H](O)[C@@H](C)C[C@@H]21. The van der Waals surface area contributed by atoms with Gasteiger partial charge in [-0.1, -0.05) is 6.92 Å². The van der Waals surface area contributed by atoms with E-state index in [4.69, 9.17) is 4.74 Å². The zero-order chi connectivity index (χ0) is 11.9. The zero-order valence-corrected chi connectivity index (χ0v) is 9.68. The lowest BCUT2D eigenvalue weighted by Crippen LogP contribution is -2.38. The highest BCUT2D eigenvalue weighted by atomic mass is 16.5. The molecule has 0 heterocycles. The number of fused-ring (bicyclic) bond motifs is 1. The molecule has 0 saturated heterocycles. The molecular weight excluding hydrogens is 208 g/mol. The molecule has 0 unspecified atom stereocenters. The van der Waals surface area contributed by atoms with Crippen LogP contribution in [0.25, 0.3) is 0 Å². The zero-order valence-electron chi connectivity index (χ0n) is 9.68. The van der Waals surface area contributed by atoms with E-state index in [9.17, 15) is 14.7 Å². The van der Waals surface area contributed by atoms with Crippen molar-refractivity contribution in [1.82, 2.24) is 0 Å². The molecule has 4 heteroatoms. The molecule has 2 aliphatic carbocycles. The van der Waals surface area contributed by atoms with Gasteiger partial charge in [0.05, 0.1) is 19.1 Å². The van der Waals surface area contributed by atoms with Gasteiger partial charge in [-0.2, -0.15) is 0 Å². The highest BCUT2D eigenvalue weighted by molar-refractivity contribution is 5.86. The van der Waals surface area contributed by atoms with Gasteiger partial charge in [0.15, 0.2) is 0 Å². The van der Waals surface area contributed by atoms with E-state index in [1.54, 1.807) is 0 Å². The van der Waals surface area contributed by atoms with Crippen LogP contribution in [0.15, 0.2) is 0 Å². The number of hydrogen-bond acceptors (Lipinski definition) is 4. The van der Waals surface area contributed by atoms with Gasteiger partial charge < -0.3 is 9.84 Å². The molecule has 0 radical (unpaired) electrons. The summed E-state index contributed by atoms with van der Waals surface area (Å²) >= 11 is 0. The minimum absolute atomic E-state index is 0.0413. The van der Waals surface area contributed by atoms with Crippen molar-refractivity contribution >= 4 is 11.8 Å². The van der Waals surface area contributed by atoms with Gasteiger partial charge in [-0.15, -0.1) is 0 Å². The van der Waals surface area contributed by atoms with Crippen molar-refractivity contribution in [2.24, 2.45) is 23.7 Å². The predicted octanol–water partition coefficient (Wildman–Crippen LogP) is 0.772. The molecule has 0 aromatic heterocycles. The first-order valence-electron chi connectivity index (χ1n) is 5.82. The minimum atomic E-state index is -0.443. The third-order valence-electron chi connectivity index (χ3n) is 4.15. The van der Waals surface area contributed by atoms with Gasteiger partial charge >= 0.3 is 5.97 Å². The van der Waals surface area contributed by atoms with Gasteiger partial charge in [-0.25, -0.2) is 0 Å². The second-order valence-electron chi connectivity index (χ2n) is 5.11. The van der Waals surface area contributed by atoms with Crippen molar-refractivity contribution in [3.63, 3.8) is 0 Å². The number of ether oxygens (including phenoxy) is 1. The summed E-state index contributed by atoms with van der Waals surface area (Å²) in [7, 11) is 1.35. The van der Waals surface area contributed by atoms with Gasteiger partial charge in [-0.05, 0) is 24.2 Å². The lowest BCUT2D eigenvalue weighted by atomic mass is 9.73. The molecule has 0 spiro atoms. The third kappa shape index (κ3) is 1.75. The smallest absolute Gasteiger partial charge is 0.309 e. The number of rotatable bonds is 1. The Bertz CT molecular complexity index is 312. The van der Waals surface area contributed by atoms with E-state index in [1.165, 1.54) is 7.11 Å². The van der Waals surface area contributed by atoms with Crippen molar-refractivity contribution in [2.75, 3.05) is 7.11 Å². The average Bonchev–Trinajstić information content (AvgIpc) is 2.54. The van der Waals surface area contributed by atoms with Gasteiger partial charge in [-0.3, -0.25) is 9.59 Å². The number of hydrogen-bond donors (Lipinski definition) is 1. The van der Waals surface area contributed by atoms with Gasteiger partial charge in [0.1, 0.15) is 5.78 Å². The maximum Gasteiger partial charge on any atom is 0.309 e. The Hall–Kier alpha value is -0.900. The van der Waals surface area contributed by atoms with Gasteiger partial charge in [0.25, 0.3) is 0 Å². The number of methoxy groups -OCH3 is 1. The van der Waals surface area contributed by atoms with E-state index in [1.807, 2.05) is 6.92 Å². The normalized spacial score (nSPS) is 42.9. The van der Waals surface area contributed by atoms with Crippen LogP contribution >= 0.6 is 0 Å². The van der Waals surface area contributed by atoms with Crippen LogP contribution in [-0.4, -0.2) is 30.1 Å². The Morgan fingerprint density at radius 1 is 1.38 bits per heavy atom. The molecule has 0 amide bonds. The van der Waals surface area contributed by atoms with Gasteiger partial charge in [0, 0.05) is 12.8 Å². The fourth-order valence-electron chi connectivity index (χ4n) is 3.31. The monoisotopic (exact) mass is 226 g/mol. The first-order valence-corrected chi connectivity index (χ1v) is 5.82. The number of aliphatic hydroxyl groups excluding tert-OH is 1. The molecule has 0 aromatic carbocycles. The number of esters is 1. The van der Waals surface area contributed by atoms with Crippen LogP contribution in [0.3, 0.4) is 0 Å². The van der Waals surface area contributed by atoms with E-state index in [0.29, 0.717) is 6.42 Å². The summed E-state index contributed by atoms with van der Waals surface area (Å²) in [5.74, 6) is -0.312. The quantitative estimate of drug-likeness (QED) is 0.671. The Labute approximate surface area is 95.0 Å². The fourth-order valence-corrected chi connectivity index (χ4v) is 3.31. The number of aliphatic hydroxyl groups is 1. The first-order chi connectivity index (χ1) is 7.54. The summed E-state index contributed by atoms with van der Waals surface area (Å²) in [6.07, 6.45) is 1.08. The van der Waals surface area contributed by atoms with Crippen molar-refractivity contribution in [1.29, 1.82) is 0 Å². The molecule has 4 nitrogen and oxygen atoms in total. The Balaban J connectivity index is 2.21. The Morgan fingerprint density at radius 2 is 2.06 bits per heavy atom. The summed E-state index contributed by atoms with van der Waals surface area (Å²) in [5, 5.41) is 9.98. The molecule has 5 atom stereocenters. The van der Waals surface area contributed by atoms with Gasteiger partial charge in [0.2, 0.25) is 0 Å². The molecule has 2 aliphatic rings. The second kappa shape index (κ2) is 4.17. The second-order valence-corrected chi connectivity index (χ2v) is 5.11. The number of Topliss-reactive ketones (excluding diaryl/α,β-unsaturated/α-hetero) is 1. The van der Waals surface area contributed by atoms with E-state index < -0.39 is 6.10 Å². The Morgan fingerprint density at radius 3 is 2.69 bits per heavy atom. The third-order valence-corrected chi connectivity index (χ3v) is 4.15. The Kier molecular flexibility index (Phi) is 3.02. The van der Waals surface area contributed by atoms with Crippen molar-refractivity contribution in [3.8, 4) is 0 Å². The van der Waals surface area contributed by atoms with Crippen LogP contribution in [-0.2, 0) is 14.3 Å². The van der Waals surface area contributed by atoms with Crippen molar-refractivity contribution in [3.05, 3.63) is 0 Å². The maximum atomic E-state index is 11.6. The molecule has 1 N–H and O–H groups in total. The van der Waals surface area contributed by atoms with Crippen LogP contribution in [0.2, 0.25) is 0 Å². The van der Waals surface area contributed by atoms with E-state index in [-0.39, 0.29) is 41.8 Å². The van der Waals surface area contributed by atoms with Crippen LogP contribution in [0.1, 0.15) is 26.2 Å². The molecule has 2 saturated carbocycles. The molecule has 0 bridgehead atoms. The molecular formula is C12H18O4. The number of carbonyl (C=O) groups excluding carboxylic acids is 2. The van der Waals surface area contributed by atoms with Crippen LogP contribution in [0.5, 0.6) is 0 Å². The summed E-state index contributed by atoms with van der Waals surface area (Å²) in [6, 6.07) is 0. The van der Waals surface area contributed by atoms with E-state index in [0.717, 1.165) is 6.42 Å². The molecule has 16 heavy (non-hydrogen) atoms. The predicted molar refractivity (Wildman–Crippen MR) is 56.5 cm³/mol.